The zero-order chi connectivity index (χ0) is 26.5. The average molecular weight is 602 g/mol. The lowest BCUT2D eigenvalue weighted by atomic mass is 10.1. The van der Waals surface area contributed by atoms with Crippen LogP contribution in [-0.2, 0) is 24.4 Å². The molecule has 0 aliphatic carbocycles. The molecular formula is C25H35Cl3N8O3. The zero-order valence-corrected chi connectivity index (χ0v) is 24.7. The van der Waals surface area contributed by atoms with Crippen molar-refractivity contribution in [3.8, 4) is 0 Å². The highest BCUT2D eigenvalue weighted by Gasteiger charge is 2.26. The largest absolute Gasteiger partial charge is 1.00 e. The Balaban J connectivity index is 0.00000267. The number of benzene rings is 1. The molecule has 1 saturated heterocycles. The summed E-state index contributed by atoms with van der Waals surface area (Å²) in [5.74, 6) is 0.433. The van der Waals surface area contributed by atoms with Crippen molar-refractivity contribution in [2.75, 3.05) is 52.2 Å². The molecule has 2 amide bonds. The van der Waals surface area contributed by atoms with Gasteiger partial charge in [0, 0.05) is 44.9 Å². The number of hydrogen-bond donors (Lipinski definition) is 2. The van der Waals surface area contributed by atoms with Crippen molar-refractivity contribution in [1.29, 1.82) is 0 Å². The van der Waals surface area contributed by atoms with Crippen LogP contribution in [0.2, 0.25) is 5.15 Å². The van der Waals surface area contributed by atoms with E-state index in [1.165, 1.54) is 6.20 Å². The molecule has 214 valence electrons. The lowest BCUT2D eigenvalue weighted by molar-refractivity contribution is -0.676. The van der Waals surface area contributed by atoms with Gasteiger partial charge < -0.3 is 33.1 Å². The van der Waals surface area contributed by atoms with Crippen LogP contribution in [0.25, 0.3) is 11.0 Å². The molecule has 0 bridgehead atoms. The number of anilines is 1. The lowest BCUT2D eigenvalue weighted by Gasteiger charge is -2.28. The van der Waals surface area contributed by atoms with Crippen LogP contribution >= 0.6 is 24.0 Å². The fourth-order valence-electron chi connectivity index (χ4n) is 4.65. The minimum Gasteiger partial charge on any atom is -1.00 e. The van der Waals surface area contributed by atoms with E-state index in [1.807, 2.05) is 39.1 Å². The zero-order valence-electron chi connectivity index (χ0n) is 22.3. The number of ether oxygens (including phenoxy) is 1. The van der Waals surface area contributed by atoms with Crippen LogP contribution in [0.5, 0.6) is 0 Å². The molecule has 4 rings (SSSR count). The Morgan fingerprint density at radius 1 is 1.26 bits per heavy atom. The smallest absolute Gasteiger partial charge is 0.277 e. The van der Waals surface area contributed by atoms with Gasteiger partial charge in [0.15, 0.2) is 22.5 Å². The highest BCUT2D eigenvalue weighted by Crippen LogP contribution is 2.19. The van der Waals surface area contributed by atoms with Crippen molar-refractivity contribution < 1.29 is 31.3 Å². The number of carbonyl (C=O) groups excluding carboxylic acids is 2. The molecule has 1 fully saturated rings. The minimum atomic E-state index is -0.458. The van der Waals surface area contributed by atoms with Gasteiger partial charge in [0.1, 0.15) is 11.7 Å². The van der Waals surface area contributed by atoms with Crippen molar-refractivity contribution in [3.05, 3.63) is 46.6 Å². The van der Waals surface area contributed by atoms with Gasteiger partial charge >= 0.3 is 0 Å². The van der Waals surface area contributed by atoms with Gasteiger partial charge in [-0.1, -0.05) is 11.6 Å². The highest BCUT2D eigenvalue weighted by molar-refractivity contribution is 6.29. The van der Waals surface area contributed by atoms with E-state index in [1.54, 1.807) is 4.90 Å². The van der Waals surface area contributed by atoms with E-state index < -0.39 is 5.91 Å². The minimum absolute atomic E-state index is 0. The monoisotopic (exact) mass is 600 g/mol. The quantitative estimate of drug-likeness (QED) is 0.294. The van der Waals surface area contributed by atoms with E-state index in [0.29, 0.717) is 25.2 Å². The Morgan fingerprint density at radius 3 is 2.64 bits per heavy atom. The van der Waals surface area contributed by atoms with Crippen molar-refractivity contribution in [3.63, 3.8) is 0 Å². The first-order valence-corrected chi connectivity index (χ1v) is 12.9. The van der Waals surface area contributed by atoms with Crippen molar-refractivity contribution in [2.24, 2.45) is 0 Å². The summed E-state index contributed by atoms with van der Waals surface area (Å²) in [7, 11) is 1.84. The molecule has 3 heterocycles. The summed E-state index contributed by atoms with van der Waals surface area (Å²) in [5, 5.41) is 2.98. The van der Waals surface area contributed by atoms with Gasteiger partial charge in [-0.3, -0.25) is 14.5 Å². The molecule has 0 saturated carbocycles. The number of likely N-dealkylation sites (N-methyl/N-ethyl adjacent to an activating group) is 1. The Kier molecular flexibility index (Phi) is 12.2. The average Bonchev–Trinajstić information content (AvgIpc) is 3.23. The number of carbonyl (C=O) groups is 2. The van der Waals surface area contributed by atoms with E-state index in [-0.39, 0.29) is 53.9 Å². The number of halogens is 3. The lowest BCUT2D eigenvalue weighted by Crippen LogP contribution is -3.00. The highest BCUT2D eigenvalue weighted by atomic mass is 35.5. The van der Waals surface area contributed by atoms with Crippen LogP contribution in [0, 0.1) is 0 Å². The molecule has 14 heteroatoms. The van der Waals surface area contributed by atoms with Crippen LogP contribution in [-0.4, -0.2) is 82.6 Å². The number of aromatic nitrogens is 4. The van der Waals surface area contributed by atoms with Crippen molar-refractivity contribution in [2.45, 2.75) is 33.5 Å². The van der Waals surface area contributed by atoms with E-state index in [0.717, 1.165) is 49.7 Å². The maximum atomic E-state index is 13.2. The van der Waals surface area contributed by atoms with Gasteiger partial charge in [-0.2, -0.15) is 0 Å². The molecule has 3 N–H and O–H groups in total. The Labute approximate surface area is 245 Å². The van der Waals surface area contributed by atoms with Gasteiger partial charge in [0.2, 0.25) is 0 Å². The Bertz CT molecular complexity index is 1300. The molecule has 1 aromatic carbocycles. The second-order valence-electron chi connectivity index (χ2n) is 8.90. The number of amides is 2. The third kappa shape index (κ3) is 7.29. The third-order valence-corrected chi connectivity index (χ3v) is 6.84. The maximum Gasteiger partial charge on any atom is 0.277 e. The summed E-state index contributed by atoms with van der Waals surface area (Å²) in [6.45, 7) is 10.4. The van der Waals surface area contributed by atoms with Crippen LogP contribution in [0.1, 0.15) is 40.5 Å². The summed E-state index contributed by atoms with van der Waals surface area (Å²) in [6.07, 6.45) is 1.30. The SMILES string of the molecule is CCn1c(CNC(=O)c2nc(Cl)cnc2N)[n+](CC)c2ccc(C(=O)N(C)CCN3CCOCC3)cc21.Cl.[Cl-]. The third-order valence-electron chi connectivity index (χ3n) is 6.66. The second kappa shape index (κ2) is 14.6. The summed E-state index contributed by atoms with van der Waals surface area (Å²) in [4.78, 5) is 38.0. The molecule has 39 heavy (non-hydrogen) atoms. The number of hydrogen-bond acceptors (Lipinski definition) is 7. The molecule has 1 aliphatic rings. The first-order valence-electron chi connectivity index (χ1n) is 12.5. The molecular weight excluding hydrogens is 567 g/mol. The number of nitrogens with one attached hydrogen (secondary N) is 1. The molecule has 0 radical (unpaired) electrons. The number of nitrogens with zero attached hydrogens (tertiary/aromatic N) is 6. The van der Waals surface area contributed by atoms with Gasteiger partial charge in [-0.25, -0.2) is 19.1 Å². The van der Waals surface area contributed by atoms with Crippen LogP contribution in [0.4, 0.5) is 5.82 Å². The number of rotatable bonds is 9. The van der Waals surface area contributed by atoms with Gasteiger partial charge in [0.05, 0.1) is 32.5 Å². The van der Waals surface area contributed by atoms with Crippen molar-refractivity contribution >= 4 is 52.7 Å². The Morgan fingerprint density at radius 2 is 1.97 bits per heavy atom. The van der Waals surface area contributed by atoms with Gasteiger partial charge in [-0.15, -0.1) is 12.4 Å². The van der Waals surface area contributed by atoms with E-state index in [4.69, 9.17) is 22.1 Å². The van der Waals surface area contributed by atoms with Gasteiger partial charge in [0.25, 0.3) is 17.6 Å². The molecule has 11 nitrogen and oxygen atoms in total. The van der Waals surface area contributed by atoms with E-state index >= 15 is 0 Å². The summed E-state index contributed by atoms with van der Waals surface area (Å²) in [5.41, 5.74) is 8.36. The summed E-state index contributed by atoms with van der Waals surface area (Å²) >= 11 is 5.89. The number of fused-ring (bicyclic) bond motifs is 1. The standard InChI is InChI=1S/C25H33ClN8O3.2ClH/c1-4-33-18-7-6-17(25(36)31(3)8-9-32-10-12-37-13-11-32)14-19(18)34(5-2)21(33)16-29-24(35)22-23(27)28-15-20(26)30-22;;/h6-7,14-15H,4-5,8-13,16H2,1-3H3,(H2-,27,28,29,35);2*1H. The van der Waals surface area contributed by atoms with Crippen LogP contribution in [0.3, 0.4) is 0 Å². The predicted molar refractivity (Wildman–Crippen MR) is 148 cm³/mol. The predicted octanol–water partition coefficient (Wildman–Crippen LogP) is -1.25. The molecule has 1 aliphatic heterocycles. The first-order chi connectivity index (χ1) is 17.8. The normalized spacial score (nSPS) is 13.4. The number of morpholine rings is 1. The fourth-order valence-corrected chi connectivity index (χ4v) is 4.78. The fraction of sp³-hybridized carbons (Fsp3) is 0.480. The first kappa shape index (κ1) is 32.5. The van der Waals surface area contributed by atoms with E-state index in [2.05, 4.69) is 29.3 Å². The number of nitrogens with two attached hydrogens (primary N) is 1. The van der Waals surface area contributed by atoms with Gasteiger partial charge in [-0.05, 0) is 26.0 Å². The maximum absolute atomic E-state index is 13.2. The Hall–Kier alpha value is -2.70. The number of nitrogen functional groups attached to an aromatic ring is 1. The molecule has 0 unspecified atom stereocenters. The second-order valence-corrected chi connectivity index (χ2v) is 9.29. The molecule has 3 aromatic rings. The number of aryl methyl sites for hydroxylation is 2. The molecule has 2 aromatic heterocycles. The van der Waals surface area contributed by atoms with Crippen LogP contribution < -0.4 is 28.0 Å². The summed E-state index contributed by atoms with van der Waals surface area (Å²) < 4.78 is 9.64. The molecule has 0 atom stereocenters. The van der Waals surface area contributed by atoms with Crippen molar-refractivity contribution in [1.82, 2.24) is 29.7 Å². The molecule has 0 spiro atoms. The number of imidazole rings is 1. The van der Waals surface area contributed by atoms with E-state index in [9.17, 15) is 9.59 Å². The topological polar surface area (TPSA) is 122 Å². The van der Waals surface area contributed by atoms with Crippen LogP contribution in [0.15, 0.2) is 24.4 Å². The summed E-state index contributed by atoms with van der Waals surface area (Å²) in [6, 6.07) is 5.77.